The van der Waals surface area contributed by atoms with Crippen molar-refractivity contribution in [1.82, 2.24) is 0 Å². The lowest BCUT2D eigenvalue weighted by Gasteiger charge is -2.65. The molecule has 0 radical (unpaired) electrons. The first-order valence-corrected chi connectivity index (χ1v) is 23.4. The van der Waals surface area contributed by atoms with Crippen LogP contribution in [-0.2, 0) is 0 Å². The lowest BCUT2D eigenvalue weighted by Crippen LogP contribution is -2.59. The molecule has 0 saturated heterocycles. The average molecular weight is 711 g/mol. The van der Waals surface area contributed by atoms with E-state index in [9.17, 15) is 0 Å². The van der Waals surface area contributed by atoms with Gasteiger partial charge < -0.3 is 0 Å². The summed E-state index contributed by atoms with van der Waals surface area (Å²) in [4.78, 5) is 0. The molecule has 54 heavy (non-hydrogen) atoms. The molecule has 0 heterocycles. The molecule has 278 valence electrons. The van der Waals surface area contributed by atoms with Crippen LogP contribution in [0.1, 0.15) is 113 Å². The Morgan fingerprint density at radius 2 is 0.852 bits per heavy atom. The summed E-state index contributed by atoms with van der Waals surface area (Å²) in [6.45, 7) is 0. The fraction of sp³-hybridized carbons (Fsp3) is 0.593. The Labute approximate surface area is 325 Å². The van der Waals surface area contributed by atoms with Crippen LogP contribution < -0.4 is 0 Å². The first-order valence-electron chi connectivity index (χ1n) is 23.4. The Morgan fingerprint density at radius 1 is 0.333 bits per heavy atom. The molecule has 9 fully saturated rings. The quantitative estimate of drug-likeness (QED) is 0.199. The normalized spacial score (nSPS) is 46.6. The molecular weight excluding hydrogens is 649 g/mol. The van der Waals surface area contributed by atoms with Gasteiger partial charge in [0.25, 0.3) is 0 Å². The van der Waals surface area contributed by atoms with E-state index in [0.29, 0.717) is 5.92 Å². The summed E-state index contributed by atoms with van der Waals surface area (Å²) < 4.78 is 0. The van der Waals surface area contributed by atoms with Crippen LogP contribution in [0.4, 0.5) is 0 Å². The van der Waals surface area contributed by atoms with Crippen LogP contribution in [0.5, 0.6) is 0 Å². The van der Waals surface area contributed by atoms with Gasteiger partial charge in [0.05, 0.1) is 0 Å². The Morgan fingerprint density at radius 3 is 1.57 bits per heavy atom. The van der Waals surface area contributed by atoms with Gasteiger partial charge in [0.2, 0.25) is 0 Å². The molecule has 0 aromatic heterocycles. The molecule has 0 bridgehead atoms. The molecule has 0 spiro atoms. The maximum absolute atomic E-state index is 2.71. The predicted octanol–water partition coefficient (Wildman–Crippen LogP) is 13.8. The molecule has 18 unspecified atom stereocenters. The second kappa shape index (κ2) is 12.3. The molecule has 9 aliphatic carbocycles. The second-order valence-electron chi connectivity index (χ2n) is 21.1. The van der Waals surface area contributed by atoms with Gasteiger partial charge in [-0.15, -0.1) is 0 Å². The van der Waals surface area contributed by atoms with Crippen LogP contribution in [0.15, 0.2) is 97.1 Å². The van der Waals surface area contributed by atoms with Gasteiger partial charge in [-0.25, -0.2) is 0 Å². The summed E-state index contributed by atoms with van der Waals surface area (Å²) in [7, 11) is 0. The highest BCUT2D eigenvalue weighted by atomic mass is 14.7. The molecule has 9 aliphatic rings. The SMILES string of the molecule is c1ccc(-c2ccccc2C2C3CCCCC3C(c3ccc4ccccc4c3)C3C4CCC5C6CCC7CCC8CCC(C9CCC(C4C59)C23)C6C78)cc1. The highest BCUT2D eigenvalue weighted by Gasteiger charge is 2.70. The summed E-state index contributed by atoms with van der Waals surface area (Å²) in [5.41, 5.74) is 6.48. The van der Waals surface area contributed by atoms with Gasteiger partial charge in [0, 0.05) is 0 Å². The van der Waals surface area contributed by atoms with Crippen molar-refractivity contribution in [2.45, 2.75) is 102 Å². The third-order valence-corrected chi connectivity index (χ3v) is 20.0. The molecule has 4 aromatic carbocycles. The molecule has 0 aliphatic heterocycles. The van der Waals surface area contributed by atoms with Crippen molar-refractivity contribution in [3.63, 3.8) is 0 Å². The number of hydrogen-bond acceptors (Lipinski definition) is 0. The van der Waals surface area contributed by atoms with Crippen molar-refractivity contribution >= 4 is 10.8 Å². The number of rotatable bonds is 3. The first kappa shape index (κ1) is 32.2. The smallest absolute Gasteiger partial charge is 0.00905 e. The molecule has 18 atom stereocenters. The highest BCUT2D eigenvalue weighted by molar-refractivity contribution is 5.83. The van der Waals surface area contributed by atoms with Gasteiger partial charge in [-0.2, -0.15) is 0 Å². The Kier molecular flexibility index (Phi) is 7.36. The van der Waals surface area contributed by atoms with Crippen LogP contribution >= 0.6 is 0 Å². The summed E-state index contributed by atoms with van der Waals surface area (Å²) in [5.74, 6) is 17.3. The van der Waals surface area contributed by atoms with Gasteiger partial charge in [-0.05, 0) is 217 Å². The Bertz CT molecular complexity index is 2020. The third kappa shape index (κ3) is 4.44. The first-order chi connectivity index (χ1) is 26.8. The van der Waals surface area contributed by atoms with Crippen LogP contribution in [0.2, 0.25) is 0 Å². The lowest BCUT2D eigenvalue weighted by molar-refractivity contribution is -0.169. The Hall–Kier alpha value is -2.86. The van der Waals surface area contributed by atoms with E-state index in [2.05, 4.69) is 97.1 Å². The summed E-state index contributed by atoms with van der Waals surface area (Å²) in [5, 5.41) is 2.90. The van der Waals surface area contributed by atoms with Crippen LogP contribution in [0.25, 0.3) is 21.9 Å². The van der Waals surface area contributed by atoms with Gasteiger partial charge >= 0.3 is 0 Å². The minimum Gasteiger partial charge on any atom is -0.0622 e. The summed E-state index contributed by atoms with van der Waals surface area (Å²) in [6, 6.07) is 38.7. The van der Waals surface area contributed by atoms with Crippen molar-refractivity contribution in [3.05, 3.63) is 108 Å². The standard InChI is InChI=1S/C54H62/c1-2-11-32(12-3-1)37-14-6-7-15-38(37)51-40-17-9-8-16-39(40)48(36-21-18-31-10-4-5-13-35(31)30-36)53-45-28-26-43-41-24-22-33-19-20-34-23-25-42(49(41)47(33)34)44-27-29-46(54(51)53)52(45)50(43)44/h1-7,10-15,18,21,30,33-34,39-54H,8-9,16-17,19-20,22-29H2. The second-order valence-corrected chi connectivity index (χ2v) is 21.1. The van der Waals surface area contributed by atoms with E-state index < -0.39 is 0 Å². The van der Waals surface area contributed by atoms with E-state index in [4.69, 9.17) is 0 Å². The van der Waals surface area contributed by atoms with E-state index in [-0.39, 0.29) is 0 Å². The summed E-state index contributed by atoms with van der Waals surface area (Å²) >= 11 is 0. The highest BCUT2D eigenvalue weighted by Crippen LogP contribution is 2.77. The van der Waals surface area contributed by atoms with Crippen LogP contribution in [0.3, 0.4) is 0 Å². The molecule has 9 saturated carbocycles. The zero-order valence-corrected chi connectivity index (χ0v) is 32.5. The largest absolute Gasteiger partial charge is 0.0622 e. The van der Waals surface area contributed by atoms with Crippen molar-refractivity contribution in [2.24, 2.45) is 94.7 Å². The van der Waals surface area contributed by atoms with E-state index in [1.807, 2.05) is 0 Å². The van der Waals surface area contributed by atoms with Crippen LogP contribution in [-0.4, -0.2) is 0 Å². The van der Waals surface area contributed by atoms with E-state index in [1.54, 1.807) is 80.9 Å². The maximum atomic E-state index is 2.71. The number of hydrogen-bond donors (Lipinski definition) is 0. The zero-order valence-electron chi connectivity index (χ0n) is 32.5. The van der Waals surface area contributed by atoms with Gasteiger partial charge in [0.1, 0.15) is 0 Å². The monoisotopic (exact) mass is 710 g/mol. The van der Waals surface area contributed by atoms with Crippen LogP contribution in [0, 0.1) is 94.7 Å². The molecule has 13 rings (SSSR count). The molecule has 0 heteroatoms. The molecule has 4 aromatic rings. The minimum absolute atomic E-state index is 0.708. The minimum atomic E-state index is 0.708. The van der Waals surface area contributed by atoms with Crippen molar-refractivity contribution in [2.75, 3.05) is 0 Å². The fourth-order valence-corrected chi connectivity index (χ4v) is 19.0. The third-order valence-electron chi connectivity index (χ3n) is 20.0. The number of benzene rings is 4. The topological polar surface area (TPSA) is 0 Å². The van der Waals surface area contributed by atoms with Crippen molar-refractivity contribution < 1.29 is 0 Å². The lowest BCUT2D eigenvalue weighted by atomic mass is 9.40. The Balaban J connectivity index is 0.981. The van der Waals surface area contributed by atoms with Gasteiger partial charge in [-0.3, -0.25) is 0 Å². The molecule has 0 amide bonds. The van der Waals surface area contributed by atoms with Crippen molar-refractivity contribution in [3.8, 4) is 11.1 Å². The van der Waals surface area contributed by atoms with Crippen molar-refractivity contribution in [1.29, 1.82) is 0 Å². The van der Waals surface area contributed by atoms with Gasteiger partial charge in [0.15, 0.2) is 0 Å². The molecular formula is C54H62. The summed E-state index contributed by atoms with van der Waals surface area (Å²) in [6.07, 6.45) is 21.6. The fourth-order valence-electron chi connectivity index (χ4n) is 19.0. The maximum Gasteiger partial charge on any atom is -0.00905 e. The molecule has 0 N–H and O–H groups in total. The number of fused-ring (bicyclic) bond motifs is 7. The zero-order chi connectivity index (χ0) is 35.1. The van der Waals surface area contributed by atoms with E-state index >= 15 is 0 Å². The van der Waals surface area contributed by atoms with Gasteiger partial charge in [-0.1, -0.05) is 110 Å². The molecule has 0 nitrogen and oxygen atoms in total. The average Bonchev–Trinajstić information content (AvgIpc) is 3.82. The van der Waals surface area contributed by atoms with E-state index in [0.717, 1.165) is 101 Å². The van der Waals surface area contributed by atoms with E-state index in [1.165, 1.54) is 42.0 Å². The predicted molar refractivity (Wildman–Crippen MR) is 222 cm³/mol.